The van der Waals surface area contributed by atoms with Crippen LogP contribution in [0.1, 0.15) is 18.4 Å². The quantitative estimate of drug-likeness (QED) is 0.717. The lowest BCUT2D eigenvalue weighted by Gasteiger charge is -2.10. The molecule has 0 aliphatic heterocycles. The first kappa shape index (κ1) is 17.0. The van der Waals surface area contributed by atoms with Crippen LogP contribution >= 0.6 is 0 Å². The van der Waals surface area contributed by atoms with Crippen LogP contribution in [0.25, 0.3) is 11.7 Å². The summed E-state index contributed by atoms with van der Waals surface area (Å²) >= 11 is 0. The molecule has 9 heteroatoms. The fourth-order valence-corrected chi connectivity index (χ4v) is 3.21. The van der Waals surface area contributed by atoms with E-state index in [1.165, 1.54) is 12.1 Å². The van der Waals surface area contributed by atoms with Gasteiger partial charge in [-0.2, -0.15) is 8.42 Å². The van der Waals surface area contributed by atoms with E-state index in [2.05, 4.69) is 14.9 Å². The van der Waals surface area contributed by atoms with Gasteiger partial charge < -0.3 is 13.6 Å². The molecule has 0 atom stereocenters. The maximum atomic E-state index is 12.5. The Hall–Kier alpha value is -2.81. The monoisotopic (exact) mass is 363 g/mol. The zero-order valence-electron chi connectivity index (χ0n) is 13.9. The van der Waals surface area contributed by atoms with Gasteiger partial charge in [0.15, 0.2) is 5.76 Å². The smallest absolute Gasteiger partial charge is 0.295 e. The highest BCUT2D eigenvalue weighted by molar-refractivity contribution is 7.92. The van der Waals surface area contributed by atoms with Crippen LogP contribution in [0.2, 0.25) is 0 Å². The van der Waals surface area contributed by atoms with Crippen molar-refractivity contribution in [1.29, 1.82) is 0 Å². The number of hydrogen-bond acceptors (Lipinski definition) is 7. The molecule has 0 fully saturated rings. The summed E-state index contributed by atoms with van der Waals surface area (Å²) in [5, 5.41) is 7.41. The van der Waals surface area contributed by atoms with Gasteiger partial charge in [0.05, 0.1) is 12.8 Å². The normalized spacial score (nSPS) is 11.5. The highest BCUT2D eigenvalue weighted by atomic mass is 32.2. The molecule has 0 aliphatic rings. The van der Waals surface area contributed by atoms with Crippen LogP contribution in [0, 0.1) is 6.92 Å². The highest BCUT2D eigenvalue weighted by Gasteiger charge is 2.22. The molecule has 0 bridgehead atoms. The molecule has 2 heterocycles. The molecule has 25 heavy (non-hydrogen) atoms. The Morgan fingerprint density at radius 2 is 1.96 bits per heavy atom. The third-order valence-corrected chi connectivity index (χ3v) is 4.74. The number of rotatable bonds is 6. The number of hydrogen-bond donors (Lipinski definition) is 1. The molecule has 3 aromatic rings. The van der Waals surface area contributed by atoms with E-state index >= 15 is 0 Å². The Morgan fingerprint density at radius 3 is 2.60 bits per heavy atom. The summed E-state index contributed by atoms with van der Waals surface area (Å²) in [7, 11) is -2.34. The second-order valence-corrected chi connectivity index (χ2v) is 6.87. The van der Waals surface area contributed by atoms with Crippen LogP contribution in [-0.2, 0) is 16.4 Å². The van der Waals surface area contributed by atoms with Crippen LogP contribution in [0.3, 0.4) is 0 Å². The summed E-state index contributed by atoms with van der Waals surface area (Å²) in [6.45, 7) is 3.65. The Kier molecular flexibility index (Phi) is 4.49. The number of nitrogens with zero attached hydrogens (tertiary/aromatic N) is 2. The van der Waals surface area contributed by atoms with E-state index < -0.39 is 10.0 Å². The fraction of sp³-hybridized carbons (Fsp3) is 0.250. The van der Waals surface area contributed by atoms with Crippen molar-refractivity contribution >= 4 is 15.7 Å². The molecule has 2 aromatic heterocycles. The van der Waals surface area contributed by atoms with Crippen molar-refractivity contribution in [2.24, 2.45) is 0 Å². The van der Waals surface area contributed by atoms with Crippen molar-refractivity contribution in [3.05, 3.63) is 41.8 Å². The third-order valence-electron chi connectivity index (χ3n) is 3.50. The third kappa shape index (κ3) is 3.50. The van der Waals surface area contributed by atoms with E-state index in [0.29, 0.717) is 23.7 Å². The molecule has 8 nitrogen and oxygen atoms in total. The number of furan rings is 1. The molecule has 1 N–H and O–H groups in total. The fourth-order valence-electron chi connectivity index (χ4n) is 2.15. The number of nitrogens with one attached hydrogen (secondary N) is 1. The number of anilines is 1. The standard InChI is InChI=1S/C16H17N3O5S/c1-4-14-17-18-16(24-14)13-7-8-15(23-13)25(20,21)19-12-6-5-11(22-3)9-10(12)2/h5-9,19H,4H2,1-3H3. The lowest BCUT2D eigenvalue weighted by molar-refractivity contribution is 0.414. The first-order chi connectivity index (χ1) is 11.9. The second kappa shape index (κ2) is 6.60. The summed E-state index contributed by atoms with van der Waals surface area (Å²) in [6.07, 6.45) is 0.581. The van der Waals surface area contributed by atoms with E-state index in [-0.39, 0.29) is 16.7 Å². The Bertz CT molecular complexity index is 991. The molecule has 0 saturated carbocycles. The molecule has 0 saturated heterocycles. The van der Waals surface area contributed by atoms with Gasteiger partial charge in [-0.25, -0.2) is 0 Å². The van der Waals surface area contributed by atoms with Crippen LogP contribution < -0.4 is 9.46 Å². The van der Waals surface area contributed by atoms with Crippen molar-refractivity contribution in [2.75, 3.05) is 11.8 Å². The van der Waals surface area contributed by atoms with Crippen molar-refractivity contribution in [3.63, 3.8) is 0 Å². The molecule has 0 amide bonds. The zero-order valence-corrected chi connectivity index (χ0v) is 14.8. The number of benzene rings is 1. The lowest BCUT2D eigenvalue weighted by Crippen LogP contribution is -2.13. The summed E-state index contributed by atoms with van der Waals surface area (Å²) in [4.78, 5) is 0. The number of aryl methyl sites for hydroxylation is 2. The maximum absolute atomic E-state index is 12.5. The minimum Gasteiger partial charge on any atom is -0.497 e. The van der Waals surface area contributed by atoms with Gasteiger partial charge in [-0.1, -0.05) is 6.92 Å². The van der Waals surface area contributed by atoms with Crippen molar-refractivity contribution in [2.45, 2.75) is 25.4 Å². The maximum Gasteiger partial charge on any atom is 0.295 e. The minimum atomic E-state index is -3.89. The van der Waals surface area contributed by atoms with Crippen LogP contribution in [0.5, 0.6) is 5.75 Å². The Balaban J connectivity index is 1.85. The molecule has 0 unspecified atom stereocenters. The van der Waals surface area contributed by atoms with Crippen LogP contribution in [0.4, 0.5) is 5.69 Å². The van der Waals surface area contributed by atoms with E-state index in [1.807, 2.05) is 6.92 Å². The van der Waals surface area contributed by atoms with Crippen LogP contribution in [0.15, 0.2) is 44.3 Å². The molecular formula is C16H17N3O5S. The Labute approximate surface area is 144 Å². The second-order valence-electron chi connectivity index (χ2n) is 5.26. The molecule has 0 aliphatic carbocycles. The van der Waals surface area contributed by atoms with Gasteiger partial charge in [-0.05, 0) is 42.8 Å². The molecule has 3 rings (SSSR count). The summed E-state index contributed by atoms with van der Waals surface area (Å²) in [6, 6.07) is 7.84. The molecule has 1 aromatic carbocycles. The van der Waals surface area contributed by atoms with Gasteiger partial charge in [0.25, 0.3) is 15.9 Å². The van der Waals surface area contributed by atoms with Gasteiger partial charge >= 0.3 is 0 Å². The number of methoxy groups -OCH3 is 1. The minimum absolute atomic E-state index is 0.138. The first-order valence-corrected chi connectivity index (χ1v) is 9.01. The van der Waals surface area contributed by atoms with Crippen molar-refractivity contribution < 1.29 is 22.0 Å². The van der Waals surface area contributed by atoms with E-state index in [0.717, 1.165) is 5.56 Å². The number of ether oxygens (including phenoxy) is 1. The van der Waals surface area contributed by atoms with Gasteiger partial charge in [0, 0.05) is 6.42 Å². The zero-order chi connectivity index (χ0) is 18.0. The summed E-state index contributed by atoms with van der Waals surface area (Å²) < 4.78 is 43.4. The molecule has 0 radical (unpaired) electrons. The predicted octanol–water partition coefficient (Wildman–Crippen LogP) is 3.01. The average Bonchev–Trinajstić information content (AvgIpc) is 3.25. The van der Waals surface area contributed by atoms with Gasteiger partial charge in [0.1, 0.15) is 5.75 Å². The molecule has 132 valence electrons. The van der Waals surface area contributed by atoms with Gasteiger partial charge in [-0.3, -0.25) is 4.72 Å². The highest BCUT2D eigenvalue weighted by Crippen LogP contribution is 2.27. The van der Waals surface area contributed by atoms with Gasteiger partial charge in [-0.15, -0.1) is 10.2 Å². The van der Waals surface area contributed by atoms with Gasteiger partial charge in [0.2, 0.25) is 11.0 Å². The average molecular weight is 363 g/mol. The largest absolute Gasteiger partial charge is 0.497 e. The molecular weight excluding hydrogens is 346 g/mol. The summed E-state index contributed by atoms with van der Waals surface area (Å²) in [5.74, 6) is 1.42. The number of sulfonamides is 1. The van der Waals surface area contributed by atoms with E-state index in [4.69, 9.17) is 13.6 Å². The van der Waals surface area contributed by atoms with Crippen molar-refractivity contribution in [3.8, 4) is 17.4 Å². The predicted molar refractivity (Wildman–Crippen MR) is 89.9 cm³/mol. The lowest BCUT2D eigenvalue weighted by atomic mass is 10.2. The van der Waals surface area contributed by atoms with Crippen LogP contribution in [-0.4, -0.2) is 25.7 Å². The van der Waals surface area contributed by atoms with E-state index in [9.17, 15) is 8.42 Å². The number of aromatic nitrogens is 2. The Morgan fingerprint density at radius 1 is 1.16 bits per heavy atom. The topological polar surface area (TPSA) is 107 Å². The first-order valence-electron chi connectivity index (χ1n) is 7.53. The SMILES string of the molecule is CCc1nnc(-c2ccc(S(=O)(=O)Nc3ccc(OC)cc3C)o2)o1. The molecule has 0 spiro atoms. The van der Waals surface area contributed by atoms with Crippen molar-refractivity contribution in [1.82, 2.24) is 10.2 Å². The summed E-state index contributed by atoms with van der Waals surface area (Å²) in [5.41, 5.74) is 1.16. The van der Waals surface area contributed by atoms with E-state index in [1.54, 1.807) is 32.2 Å².